The Morgan fingerprint density at radius 2 is 0.875 bits per heavy atom. The lowest BCUT2D eigenvalue weighted by Gasteiger charge is -2.29. The van der Waals surface area contributed by atoms with Gasteiger partial charge in [0.15, 0.2) is 0 Å². The summed E-state index contributed by atoms with van der Waals surface area (Å²) in [5, 5.41) is 9.27. The SMILES string of the molecule is c1cc2cc3c(cc2cc1N1CCOCC1)oc1ccc2oc4cc5cc(N6CCOCC6)ccc5cc4c2c13. The van der Waals surface area contributed by atoms with E-state index in [0.717, 1.165) is 96.5 Å². The molecule has 2 fully saturated rings. The van der Waals surface area contributed by atoms with Crippen LogP contribution in [0.3, 0.4) is 0 Å². The standard InChI is InChI=1S/C34H28N2O4/c1-3-25(35-7-11-37-12-8-35)15-23-19-31-27(17-21(1)23)33-29(39-31)5-6-30-34(33)28-18-22-2-4-26(36-9-13-38-14-10-36)16-24(22)20-32(28)40-30/h1-6,15-20H,7-14H2. The van der Waals surface area contributed by atoms with Crippen molar-refractivity contribution in [3.8, 4) is 0 Å². The highest BCUT2D eigenvalue weighted by Crippen LogP contribution is 2.42. The molecule has 2 aliphatic heterocycles. The molecule has 5 aromatic carbocycles. The van der Waals surface area contributed by atoms with E-state index < -0.39 is 0 Å². The first-order valence-corrected chi connectivity index (χ1v) is 14.1. The molecule has 6 nitrogen and oxygen atoms in total. The predicted molar refractivity (Wildman–Crippen MR) is 162 cm³/mol. The van der Waals surface area contributed by atoms with Gasteiger partial charge in [-0.15, -0.1) is 0 Å². The third kappa shape index (κ3) is 3.43. The molecule has 40 heavy (non-hydrogen) atoms. The maximum absolute atomic E-state index is 6.45. The van der Waals surface area contributed by atoms with Crippen molar-refractivity contribution in [3.63, 3.8) is 0 Å². The Balaban J connectivity index is 1.22. The monoisotopic (exact) mass is 528 g/mol. The van der Waals surface area contributed by atoms with Crippen LogP contribution in [0.1, 0.15) is 0 Å². The number of fused-ring (bicyclic) bond motifs is 9. The fourth-order valence-electron chi connectivity index (χ4n) is 6.63. The molecule has 0 bridgehead atoms. The van der Waals surface area contributed by atoms with Gasteiger partial charge in [-0.1, -0.05) is 12.1 Å². The van der Waals surface area contributed by atoms with Crippen LogP contribution in [0.25, 0.3) is 65.4 Å². The summed E-state index contributed by atoms with van der Waals surface area (Å²) in [6.45, 7) is 6.80. The van der Waals surface area contributed by atoms with Gasteiger partial charge in [0.2, 0.25) is 0 Å². The molecule has 7 aromatic rings. The van der Waals surface area contributed by atoms with E-state index in [9.17, 15) is 0 Å². The molecular weight excluding hydrogens is 500 g/mol. The van der Waals surface area contributed by atoms with Crippen molar-refractivity contribution in [2.24, 2.45) is 0 Å². The van der Waals surface area contributed by atoms with Gasteiger partial charge >= 0.3 is 0 Å². The van der Waals surface area contributed by atoms with Gasteiger partial charge in [-0.3, -0.25) is 0 Å². The summed E-state index contributed by atoms with van der Waals surface area (Å²) in [5.41, 5.74) is 6.04. The Morgan fingerprint density at radius 1 is 0.425 bits per heavy atom. The Morgan fingerprint density at radius 3 is 1.32 bits per heavy atom. The molecule has 0 atom stereocenters. The van der Waals surface area contributed by atoms with Gasteiger partial charge in [-0.25, -0.2) is 0 Å². The fourth-order valence-corrected chi connectivity index (χ4v) is 6.63. The number of nitrogens with zero attached hydrogens (tertiary/aromatic N) is 2. The van der Waals surface area contributed by atoms with Crippen molar-refractivity contribution in [2.45, 2.75) is 0 Å². The van der Waals surface area contributed by atoms with E-state index in [1.165, 1.54) is 32.9 Å². The number of benzene rings is 5. The van der Waals surface area contributed by atoms with E-state index in [-0.39, 0.29) is 0 Å². The first-order chi connectivity index (χ1) is 19.8. The zero-order chi connectivity index (χ0) is 26.2. The van der Waals surface area contributed by atoms with Crippen LogP contribution in [0.15, 0.2) is 81.6 Å². The number of furan rings is 2. The number of ether oxygens (including phenoxy) is 2. The van der Waals surface area contributed by atoms with Crippen molar-refractivity contribution in [3.05, 3.63) is 72.8 Å². The highest BCUT2D eigenvalue weighted by Gasteiger charge is 2.19. The number of hydrogen-bond acceptors (Lipinski definition) is 6. The van der Waals surface area contributed by atoms with E-state index in [1.54, 1.807) is 0 Å². The van der Waals surface area contributed by atoms with Crippen molar-refractivity contribution >= 4 is 76.8 Å². The van der Waals surface area contributed by atoms with E-state index in [0.29, 0.717) is 0 Å². The van der Waals surface area contributed by atoms with Crippen LogP contribution < -0.4 is 9.80 Å². The molecule has 9 rings (SSSR count). The highest BCUT2D eigenvalue weighted by molar-refractivity contribution is 6.27. The lowest BCUT2D eigenvalue weighted by Crippen LogP contribution is -2.36. The molecule has 2 aromatic heterocycles. The minimum absolute atomic E-state index is 0.777. The van der Waals surface area contributed by atoms with Gasteiger partial charge in [-0.2, -0.15) is 0 Å². The minimum Gasteiger partial charge on any atom is -0.456 e. The maximum Gasteiger partial charge on any atom is 0.136 e. The largest absolute Gasteiger partial charge is 0.456 e. The molecule has 2 saturated heterocycles. The summed E-state index contributed by atoms with van der Waals surface area (Å²) >= 11 is 0. The third-order valence-electron chi connectivity index (χ3n) is 8.70. The van der Waals surface area contributed by atoms with Crippen LogP contribution in [-0.2, 0) is 9.47 Å². The molecule has 0 aliphatic carbocycles. The van der Waals surface area contributed by atoms with E-state index in [4.69, 9.17) is 18.3 Å². The molecule has 0 radical (unpaired) electrons. The zero-order valence-corrected chi connectivity index (χ0v) is 22.1. The molecule has 2 aliphatic rings. The van der Waals surface area contributed by atoms with Crippen molar-refractivity contribution < 1.29 is 18.3 Å². The Labute approximate surface area is 230 Å². The molecule has 0 spiro atoms. The maximum atomic E-state index is 6.45. The lowest BCUT2D eigenvalue weighted by molar-refractivity contribution is 0.122. The van der Waals surface area contributed by atoms with Crippen molar-refractivity contribution in [2.75, 3.05) is 62.4 Å². The summed E-state index contributed by atoms with van der Waals surface area (Å²) in [4.78, 5) is 4.78. The number of anilines is 2. The Kier molecular flexibility index (Phi) is 4.86. The first-order valence-electron chi connectivity index (χ1n) is 14.1. The van der Waals surface area contributed by atoms with E-state index >= 15 is 0 Å². The fraction of sp³-hybridized carbons (Fsp3) is 0.235. The van der Waals surface area contributed by atoms with Gasteiger partial charge in [0, 0.05) is 59.1 Å². The normalized spacial score (nSPS) is 16.9. The summed E-state index contributed by atoms with van der Waals surface area (Å²) < 4.78 is 24.0. The van der Waals surface area contributed by atoms with E-state index in [1.807, 2.05) is 12.1 Å². The zero-order valence-electron chi connectivity index (χ0n) is 22.1. The van der Waals surface area contributed by atoms with Crippen LogP contribution in [0.2, 0.25) is 0 Å². The molecule has 0 N–H and O–H groups in total. The summed E-state index contributed by atoms with van der Waals surface area (Å²) in [7, 11) is 0. The molecule has 4 heterocycles. The number of morpholine rings is 2. The second kappa shape index (κ2) is 8.62. The smallest absolute Gasteiger partial charge is 0.136 e. The molecule has 6 heteroatoms. The van der Waals surface area contributed by atoms with E-state index in [2.05, 4.69) is 70.5 Å². The number of rotatable bonds is 2. The van der Waals surface area contributed by atoms with Crippen molar-refractivity contribution in [1.29, 1.82) is 0 Å². The third-order valence-corrected chi connectivity index (χ3v) is 8.70. The highest BCUT2D eigenvalue weighted by atomic mass is 16.5. The van der Waals surface area contributed by atoms with Gasteiger partial charge in [0.05, 0.1) is 26.4 Å². The van der Waals surface area contributed by atoms with Crippen LogP contribution in [-0.4, -0.2) is 52.6 Å². The Bertz CT molecular complexity index is 1940. The van der Waals surface area contributed by atoms with Gasteiger partial charge in [0.25, 0.3) is 0 Å². The first kappa shape index (κ1) is 22.5. The average molecular weight is 529 g/mol. The molecule has 198 valence electrons. The average Bonchev–Trinajstić information content (AvgIpc) is 3.55. The summed E-state index contributed by atoms with van der Waals surface area (Å²) in [6, 6.07) is 26.4. The Hall–Kier alpha value is -4.26. The molecule has 0 unspecified atom stereocenters. The topological polar surface area (TPSA) is 51.2 Å². The van der Waals surface area contributed by atoms with Crippen LogP contribution in [0, 0.1) is 0 Å². The predicted octanol–water partition coefficient (Wildman–Crippen LogP) is 7.47. The molecule has 0 saturated carbocycles. The summed E-state index contributed by atoms with van der Waals surface area (Å²) in [6.07, 6.45) is 0. The van der Waals surface area contributed by atoms with Gasteiger partial charge in [0.1, 0.15) is 22.3 Å². The lowest BCUT2D eigenvalue weighted by atomic mass is 10.0. The second-order valence-electron chi connectivity index (χ2n) is 11.0. The van der Waals surface area contributed by atoms with Gasteiger partial charge in [-0.05, 0) is 82.2 Å². The molecule has 0 amide bonds. The van der Waals surface area contributed by atoms with Crippen molar-refractivity contribution in [1.82, 2.24) is 0 Å². The second-order valence-corrected chi connectivity index (χ2v) is 11.0. The van der Waals surface area contributed by atoms with Gasteiger partial charge < -0.3 is 28.1 Å². The quantitative estimate of drug-likeness (QED) is 0.232. The van der Waals surface area contributed by atoms with Crippen LogP contribution in [0.5, 0.6) is 0 Å². The van der Waals surface area contributed by atoms with Crippen LogP contribution >= 0.6 is 0 Å². The minimum atomic E-state index is 0.777. The van der Waals surface area contributed by atoms with Crippen LogP contribution in [0.4, 0.5) is 11.4 Å². The summed E-state index contributed by atoms with van der Waals surface area (Å²) in [5.74, 6) is 0. The molecular formula is C34H28N2O4. The number of hydrogen-bond donors (Lipinski definition) is 0.